The minimum atomic E-state index is -0.685. The third kappa shape index (κ3) is 3.10. The van der Waals surface area contributed by atoms with E-state index in [1.165, 1.54) is 0 Å². The summed E-state index contributed by atoms with van der Waals surface area (Å²) in [4.78, 5) is 2.36. The first-order valence-corrected chi connectivity index (χ1v) is 8.55. The average Bonchev–Trinajstić information content (AvgIpc) is 3.20. The monoisotopic (exact) mass is 338 g/mol. The SMILES string of the molecule is Cc1noc(C)c1CN1CCn2nc(C(O)c3ccccc3)cc2C1. The van der Waals surface area contributed by atoms with Gasteiger partial charge in [0.25, 0.3) is 0 Å². The molecule has 3 heterocycles. The van der Waals surface area contributed by atoms with Gasteiger partial charge in [-0.05, 0) is 25.5 Å². The number of aromatic nitrogens is 3. The second-order valence-electron chi connectivity index (χ2n) is 6.61. The van der Waals surface area contributed by atoms with Crippen LogP contribution in [0.1, 0.15) is 40.1 Å². The predicted molar refractivity (Wildman–Crippen MR) is 92.8 cm³/mol. The normalized spacial score (nSPS) is 16.0. The van der Waals surface area contributed by atoms with E-state index in [1.807, 2.05) is 54.9 Å². The quantitative estimate of drug-likeness (QED) is 0.792. The second kappa shape index (κ2) is 6.46. The Morgan fingerprint density at radius 1 is 1.20 bits per heavy atom. The Hall–Kier alpha value is -2.44. The van der Waals surface area contributed by atoms with Gasteiger partial charge in [0.2, 0.25) is 0 Å². The van der Waals surface area contributed by atoms with E-state index in [0.717, 1.165) is 54.5 Å². The van der Waals surface area contributed by atoms with Crippen LogP contribution in [0.15, 0.2) is 40.9 Å². The zero-order valence-electron chi connectivity index (χ0n) is 14.5. The highest BCUT2D eigenvalue weighted by Gasteiger charge is 2.23. The molecule has 1 aromatic carbocycles. The fraction of sp³-hybridized carbons (Fsp3) is 0.368. The molecule has 0 bridgehead atoms. The van der Waals surface area contributed by atoms with E-state index >= 15 is 0 Å². The van der Waals surface area contributed by atoms with E-state index in [4.69, 9.17) is 4.52 Å². The summed E-state index contributed by atoms with van der Waals surface area (Å²) in [5.41, 5.74) is 4.82. The van der Waals surface area contributed by atoms with Crippen LogP contribution in [0, 0.1) is 13.8 Å². The van der Waals surface area contributed by atoms with Gasteiger partial charge in [-0.3, -0.25) is 9.58 Å². The van der Waals surface area contributed by atoms with Crippen molar-refractivity contribution < 1.29 is 9.63 Å². The molecule has 4 rings (SSSR count). The fourth-order valence-electron chi connectivity index (χ4n) is 3.37. The number of benzene rings is 1. The number of hydrogen-bond acceptors (Lipinski definition) is 5. The van der Waals surface area contributed by atoms with Crippen molar-refractivity contribution in [3.63, 3.8) is 0 Å². The van der Waals surface area contributed by atoms with Crippen molar-refractivity contribution in [2.75, 3.05) is 6.54 Å². The molecular formula is C19H22N4O2. The summed E-state index contributed by atoms with van der Waals surface area (Å²) in [6.45, 7) is 7.30. The molecule has 0 saturated heterocycles. The van der Waals surface area contributed by atoms with Gasteiger partial charge in [0.1, 0.15) is 11.9 Å². The summed E-state index contributed by atoms with van der Waals surface area (Å²) < 4.78 is 7.27. The molecule has 0 radical (unpaired) electrons. The molecule has 1 unspecified atom stereocenters. The van der Waals surface area contributed by atoms with E-state index in [-0.39, 0.29) is 0 Å². The van der Waals surface area contributed by atoms with Crippen molar-refractivity contribution in [2.24, 2.45) is 0 Å². The van der Waals surface area contributed by atoms with Gasteiger partial charge in [-0.2, -0.15) is 5.10 Å². The molecule has 1 atom stereocenters. The molecule has 0 fully saturated rings. The fourth-order valence-corrected chi connectivity index (χ4v) is 3.37. The van der Waals surface area contributed by atoms with Crippen LogP contribution in [0.4, 0.5) is 0 Å². The van der Waals surface area contributed by atoms with Crippen LogP contribution in [-0.4, -0.2) is 31.5 Å². The van der Waals surface area contributed by atoms with Crippen molar-refractivity contribution in [3.05, 3.63) is 70.4 Å². The Morgan fingerprint density at radius 3 is 2.72 bits per heavy atom. The maximum atomic E-state index is 10.6. The van der Waals surface area contributed by atoms with Gasteiger partial charge in [-0.15, -0.1) is 0 Å². The van der Waals surface area contributed by atoms with E-state index in [9.17, 15) is 5.11 Å². The Morgan fingerprint density at radius 2 is 2.00 bits per heavy atom. The molecule has 1 N–H and O–H groups in total. The average molecular weight is 338 g/mol. The lowest BCUT2D eigenvalue weighted by Gasteiger charge is -2.27. The summed E-state index contributed by atoms with van der Waals surface area (Å²) >= 11 is 0. The van der Waals surface area contributed by atoms with Crippen LogP contribution in [0.5, 0.6) is 0 Å². The van der Waals surface area contributed by atoms with Crippen LogP contribution >= 0.6 is 0 Å². The second-order valence-corrected chi connectivity index (χ2v) is 6.61. The van der Waals surface area contributed by atoms with Crippen molar-refractivity contribution in [1.29, 1.82) is 0 Å². The van der Waals surface area contributed by atoms with E-state index in [0.29, 0.717) is 5.69 Å². The van der Waals surface area contributed by atoms with Gasteiger partial charge in [0.15, 0.2) is 0 Å². The number of nitrogens with zero attached hydrogens (tertiary/aromatic N) is 4. The summed E-state index contributed by atoms with van der Waals surface area (Å²) in [5, 5.41) is 19.2. The summed E-state index contributed by atoms with van der Waals surface area (Å²) in [6, 6.07) is 11.7. The molecule has 0 spiro atoms. The zero-order chi connectivity index (χ0) is 17.4. The highest BCUT2D eigenvalue weighted by molar-refractivity contribution is 5.27. The van der Waals surface area contributed by atoms with Crippen LogP contribution in [0.3, 0.4) is 0 Å². The van der Waals surface area contributed by atoms with Crippen molar-refractivity contribution in [2.45, 2.75) is 39.6 Å². The lowest BCUT2D eigenvalue weighted by molar-refractivity contribution is 0.199. The predicted octanol–water partition coefficient (Wildman–Crippen LogP) is 2.59. The minimum absolute atomic E-state index is 0.685. The van der Waals surface area contributed by atoms with Gasteiger partial charge >= 0.3 is 0 Å². The highest BCUT2D eigenvalue weighted by atomic mass is 16.5. The molecule has 0 saturated carbocycles. The van der Waals surface area contributed by atoms with Crippen molar-refractivity contribution >= 4 is 0 Å². The number of fused-ring (bicyclic) bond motifs is 1. The summed E-state index contributed by atoms with van der Waals surface area (Å²) in [5.74, 6) is 0.886. The lowest BCUT2D eigenvalue weighted by Crippen LogP contribution is -2.33. The molecule has 0 aliphatic carbocycles. The number of hydrogen-bond donors (Lipinski definition) is 1. The maximum Gasteiger partial charge on any atom is 0.138 e. The first-order chi connectivity index (χ1) is 12.1. The third-order valence-corrected chi connectivity index (χ3v) is 4.85. The van der Waals surface area contributed by atoms with E-state index in [1.54, 1.807) is 0 Å². The first kappa shape index (κ1) is 16.1. The number of aliphatic hydroxyl groups excluding tert-OH is 1. The Bertz CT molecular complexity index is 849. The van der Waals surface area contributed by atoms with Gasteiger partial charge in [-0.25, -0.2) is 0 Å². The summed E-state index contributed by atoms with van der Waals surface area (Å²) in [7, 11) is 0. The van der Waals surface area contributed by atoms with Crippen LogP contribution < -0.4 is 0 Å². The molecule has 0 amide bonds. The smallest absolute Gasteiger partial charge is 0.138 e. The van der Waals surface area contributed by atoms with Gasteiger partial charge in [0.05, 0.1) is 23.6 Å². The molecule has 2 aromatic heterocycles. The van der Waals surface area contributed by atoms with Crippen LogP contribution in [0.25, 0.3) is 0 Å². The van der Waals surface area contributed by atoms with E-state index < -0.39 is 6.10 Å². The lowest BCUT2D eigenvalue weighted by atomic mass is 10.1. The zero-order valence-corrected chi connectivity index (χ0v) is 14.5. The maximum absolute atomic E-state index is 10.6. The molecule has 1 aliphatic rings. The topological polar surface area (TPSA) is 67.3 Å². The molecule has 6 nitrogen and oxygen atoms in total. The Kier molecular flexibility index (Phi) is 4.15. The standard InChI is InChI=1S/C19H22N4O2/c1-13-17(14(2)25-21-13)12-22-8-9-23-16(11-22)10-18(20-23)19(24)15-6-4-3-5-7-15/h3-7,10,19,24H,8-9,11-12H2,1-2H3. The molecule has 6 heteroatoms. The number of rotatable bonds is 4. The first-order valence-electron chi connectivity index (χ1n) is 8.55. The minimum Gasteiger partial charge on any atom is -0.382 e. The van der Waals surface area contributed by atoms with Gasteiger partial charge < -0.3 is 9.63 Å². The Labute approximate surface area is 146 Å². The van der Waals surface area contributed by atoms with Crippen molar-refractivity contribution in [1.82, 2.24) is 19.8 Å². The van der Waals surface area contributed by atoms with Crippen LogP contribution in [0.2, 0.25) is 0 Å². The molecule has 1 aliphatic heterocycles. The van der Waals surface area contributed by atoms with Gasteiger partial charge in [-0.1, -0.05) is 35.5 Å². The number of aryl methyl sites for hydroxylation is 2. The molecular weight excluding hydrogens is 316 g/mol. The highest BCUT2D eigenvalue weighted by Crippen LogP contribution is 2.25. The van der Waals surface area contributed by atoms with Crippen molar-refractivity contribution in [3.8, 4) is 0 Å². The van der Waals surface area contributed by atoms with Gasteiger partial charge in [0, 0.05) is 25.2 Å². The molecule has 3 aromatic rings. The third-order valence-electron chi connectivity index (χ3n) is 4.85. The molecule has 130 valence electrons. The largest absolute Gasteiger partial charge is 0.382 e. The summed E-state index contributed by atoms with van der Waals surface area (Å²) in [6.07, 6.45) is -0.685. The van der Waals surface area contributed by atoms with E-state index in [2.05, 4.69) is 15.2 Å². The van der Waals surface area contributed by atoms with Crippen LogP contribution in [-0.2, 0) is 19.6 Å². The number of aliphatic hydroxyl groups is 1. The molecule has 25 heavy (non-hydrogen) atoms. The Balaban J connectivity index is 1.51.